The molecule has 2 aromatic rings. The van der Waals surface area contributed by atoms with Crippen LogP contribution in [0.3, 0.4) is 0 Å². The number of pyridine rings is 1. The Kier molecular flexibility index (Phi) is 3.32. The minimum Gasteiger partial charge on any atom is -0.409 e. The predicted octanol–water partition coefficient (Wildman–Crippen LogP) is 0.714. The SMILES string of the molecule is Cc1cc(C)c(/C(N)=N/O)c(Oc2ncn(C)n2)n1. The van der Waals surface area contributed by atoms with Crippen molar-refractivity contribution in [1.82, 2.24) is 19.7 Å². The smallest absolute Gasteiger partial charge is 0.342 e. The van der Waals surface area contributed by atoms with Crippen molar-refractivity contribution in [1.29, 1.82) is 0 Å². The highest BCUT2D eigenvalue weighted by Crippen LogP contribution is 2.24. The summed E-state index contributed by atoms with van der Waals surface area (Å²) in [6, 6.07) is 1.96. The van der Waals surface area contributed by atoms with Gasteiger partial charge in [0.15, 0.2) is 5.84 Å². The third-order valence-corrected chi connectivity index (χ3v) is 2.44. The lowest BCUT2D eigenvalue weighted by Gasteiger charge is -2.10. The number of oxime groups is 1. The molecule has 2 aromatic heterocycles. The van der Waals surface area contributed by atoms with Crippen LogP contribution in [0.4, 0.5) is 0 Å². The third kappa shape index (κ3) is 2.62. The first-order valence-corrected chi connectivity index (χ1v) is 5.51. The van der Waals surface area contributed by atoms with Gasteiger partial charge in [-0.15, -0.1) is 5.10 Å². The second-order valence-corrected chi connectivity index (χ2v) is 4.05. The molecule has 0 unspecified atom stereocenters. The van der Waals surface area contributed by atoms with Crippen LogP contribution >= 0.6 is 0 Å². The van der Waals surface area contributed by atoms with Crippen molar-refractivity contribution in [2.75, 3.05) is 0 Å². The summed E-state index contributed by atoms with van der Waals surface area (Å²) in [6.45, 7) is 3.64. The Bertz CT molecular complexity index is 634. The van der Waals surface area contributed by atoms with Crippen molar-refractivity contribution >= 4 is 5.84 Å². The maximum atomic E-state index is 8.82. The molecule has 0 spiro atoms. The molecule has 0 fully saturated rings. The number of nitrogens with zero attached hydrogens (tertiary/aromatic N) is 5. The monoisotopic (exact) mass is 262 g/mol. The summed E-state index contributed by atoms with van der Waals surface area (Å²) >= 11 is 0. The Morgan fingerprint density at radius 3 is 2.79 bits per heavy atom. The first-order chi connectivity index (χ1) is 9.01. The number of rotatable bonds is 3. The Morgan fingerprint density at radius 2 is 2.21 bits per heavy atom. The molecule has 0 atom stereocenters. The van der Waals surface area contributed by atoms with Crippen LogP contribution in [0.25, 0.3) is 0 Å². The molecule has 0 aliphatic carbocycles. The van der Waals surface area contributed by atoms with E-state index in [1.807, 2.05) is 19.9 Å². The summed E-state index contributed by atoms with van der Waals surface area (Å²) < 4.78 is 6.99. The number of amidine groups is 1. The van der Waals surface area contributed by atoms with Crippen molar-refractivity contribution in [3.63, 3.8) is 0 Å². The maximum Gasteiger partial charge on any atom is 0.342 e. The van der Waals surface area contributed by atoms with Crippen molar-refractivity contribution in [2.45, 2.75) is 13.8 Å². The molecule has 2 heterocycles. The zero-order chi connectivity index (χ0) is 14.0. The molecule has 0 saturated carbocycles. The van der Waals surface area contributed by atoms with Crippen molar-refractivity contribution in [2.24, 2.45) is 17.9 Å². The fourth-order valence-corrected chi connectivity index (χ4v) is 1.69. The Hall–Kier alpha value is -2.64. The number of hydrogen-bond donors (Lipinski definition) is 2. The van der Waals surface area contributed by atoms with Gasteiger partial charge >= 0.3 is 6.01 Å². The van der Waals surface area contributed by atoms with Gasteiger partial charge in [-0.1, -0.05) is 5.16 Å². The van der Waals surface area contributed by atoms with E-state index < -0.39 is 0 Å². The largest absolute Gasteiger partial charge is 0.409 e. The summed E-state index contributed by atoms with van der Waals surface area (Å²) in [7, 11) is 1.72. The fourth-order valence-electron chi connectivity index (χ4n) is 1.69. The number of aryl methyl sites for hydroxylation is 3. The van der Waals surface area contributed by atoms with Gasteiger partial charge in [-0.05, 0) is 25.5 Å². The quantitative estimate of drug-likeness (QED) is 0.365. The van der Waals surface area contributed by atoms with Gasteiger partial charge in [0.1, 0.15) is 6.33 Å². The summed E-state index contributed by atoms with van der Waals surface area (Å²) in [6.07, 6.45) is 1.50. The summed E-state index contributed by atoms with van der Waals surface area (Å²) in [5.74, 6) is 0.134. The molecule has 0 aliphatic heterocycles. The maximum absolute atomic E-state index is 8.82. The van der Waals surface area contributed by atoms with Crippen LogP contribution < -0.4 is 10.5 Å². The standard InChI is InChI=1S/C11H14N6O2/c1-6-4-7(2)14-10(8(6)9(12)16-18)19-11-13-5-17(3)15-11/h4-5,18H,1-3H3,(H2,12,16). The number of nitrogens with two attached hydrogens (primary N) is 1. The van der Waals surface area contributed by atoms with Crippen molar-refractivity contribution in [3.8, 4) is 11.9 Å². The van der Waals surface area contributed by atoms with E-state index in [1.165, 1.54) is 11.0 Å². The summed E-state index contributed by atoms with van der Waals surface area (Å²) in [5.41, 5.74) is 7.59. The molecule has 3 N–H and O–H groups in total. The van der Waals surface area contributed by atoms with E-state index in [9.17, 15) is 0 Å². The molecular weight excluding hydrogens is 248 g/mol. The van der Waals surface area contributed by atoms with Crippen LogP contribution in [-0.4, -0.2) is 30.8 Å². The van der Waals surface area contributed by atoms with Crippen molar-refractivity contribution in [3.05, 3.63) is 29.2 Å². The first kappa shape index (κ1) is 12.8. The first-order valence-electron chi connectivity index (χ1n) is 5.51. The highest BCUT2D eigenvalue weighted by Gasteiger charge is 2.16. The minimum absolute atomic E-state index is 0.0732. The molecular formula is C11H14N6O2. The van der Waals surface area contributed by atoms with Gasteiger partial charge in [-0.25, -0.2) is 4.98 Å². The Balaban J connectivity index is 2.48. The van der Waals surface area contributed by atoms with Crippen LogP contribution in [0.1, 0.15) is 16.8 Å². The van der Waals surface area contributed by atoms with Crippen LogP contribution in [0.5, 0.6) is 11.9 Å². The normalized spacial score (nSPS) is 11.6. The molecule has 2 rings (SSSR count). The summed E-state index contributed by atoms with van der Waals surface area (Å²) in [4.78, 5) is 8.17. The topological polar surface area (TPSA) is 111 Å². The molecule has 8 nitrogen and oxygen atoms in total. The molecule has 0 bridgehead atoms. The molecule has 100 valence electrons. The van der Waals surface area contributed by atoms with Crippen molar-refractivity contribution < 1.29 is 9.94 Å². The van der Waals surface area contributed by atoms with Crippen LogP contribution in [0, 0.1) is 13.8 Å². The minimum atomic E-state index is -0.0732. The van der Waals surface area contributed by atoms with Gasteiger partial charge in [-0.2, -0.15) is 4.98 Å². The van der Waals surface area contributed by atoms with Gasteiger partial charge in [0.2, 0.25) is 5.88 Å². The lowest BCUT2D eigenvalue weighted by Crippen LogP contribution is -2.17. The Morgan fingerprint density at radius 1 is 1.47 bits per heavy atom. The molecule has 0 aromatic carbocycles. The van der Waals surface area contributed by atoms with Crippen LogP contribution in [-0.2, 0) is 7.05 Å². The third-order valence-electron chi connectivity index (χ3n) is 2.44. The van der Waals surface area contributed by atoms with Gasteiger partial charge in [0.25, 0.3) is 0 Å². The number of hydrogen-bond acceptors (Lipinski definition) is 6. The lowest BCUT2D eigenvalue weighted by molar-refractivity contribution is 0.318. The van der Waals surface area contributed by atoms with E-state index in [1.54, 1.807) is 7.05 Å². The molecule has 0 aliphatic rings. The van der Waals surface area contributed by atoms with E-state index in [2.05, 4.69) is 20.2 Å². The summed E-state index contributed by atoms with van der Waals surface area (Å²) in [5, 5.41) is 15.8. The molecule has 0 saturated heterocycles. The van der Waals surface area contributed by atoms with Crippen LogP contribution in [0.15, 0.2) is 17.5 Å². The van der Waals surface area contributed by atoms with Gasteiger partial charge in [0.05, 0.1) is 5.56 Å². The van der Waals surface area contributed by atoms with Crippen LogP contribution in [0.2, 0.25) is 0 Å². The lowest BCUT2D eigenvalue weighted by atomic mass is 10.1. The molecule has 8 heteroatoms. The zero-order valence-electron chi connectivity index (χ0n) is 10.8. The second kappa shape index (κ2) is 4.92. The average molecular weight is 262 g/mol. The number of aromatic nitrogens is 4. The number of ether oxygens (including phenoxy) is 1. The molecule has 19 heavy (non-hydrogen) atoms. The Labute approximate surface area is 109 Å². The van der Waals surface area contributed by atoms with Gasteiger partial charge < -0.3 is 15.7 Å². The van der Waals surface area contributed by atoms with E-state index in [-0.39, 0.29) is 17.7 Å². The highest BCUT2D eigenvalue weighted by molar-refractivity contribution is 6.00. The zero-order valence-corrected chi connectivity index (χ0v) is 10.8. The van der Waals surface area contributed by atoms with E-state index in [0.717, 1.165) is 11.3 Å². The molecule has 0 radical (unpaired) electrons. The molecule has 0 amide bonds. The fraction of sp³-hybridized carbons (Fsp3) is 0.273. The van der Waals surface area contributed by atoms with E-state index in [4.69, 9.17) is 15.7 Å². The second-order valence-electron chi connectivity index (χ2n) is 4.05. The van der Waals surface area contributed by atoms with E-state index >= 15 is 0 Å². The average Bonchev–Trinajstić information content (AvgIpc) is 2.73. The van der Waals surface area contributed by atoms with E-state index in [0.29, 0.717) is 5.56 Å². The predicted molar refractivity (Wildman–Crippen MR) is 67.3 cm³/mol. The van der Waals surface area contributed by atoms with Gasteiger partial charge in [0, 0.05) is 12.7 Å². The van der Waals surface area contributed by atoms with Gasteiger partial charge in [-0.3, -0.25) is 4.68 Å². The highest BCUT2D eigenvalue weighted by atomic mass is 16.5.